The van der Waals surface area contributed by atoms with Crippen molar-refractivity contribution in [2.75, 3.05) is 13.6 Å². The first kappa shape index (κ1) is 12.7. The third kappa shape index (κ3) is 3.32. The van der Waals surface area contributed by atoms with Crippen LogP contribution in [0.2, 0.25) is 0 Å². The predicted octanol–water partition coefficient (Wildman–Crippen LogP) is 1.12. The summed E-state index contributed by atoms with van der Waals surface area (Å²) in [6, 6.07) is 9.00. The SMILES string of the molecule is CC(C(O)c1ccccc1)N(C)CC(=O)O. The van der Waals surface area contributed by atoms with E-state index in [2.05, 4.69) is 0 Å². The van der Waals surface area contributed by atoms with E-state index in [0.717, 1.165) is 5.56 Å². The summed E-state index contributed by atoms with van der Waals surface area (Å²) < 4.78 is 0. The summed E-state index contributed by atoms with van der Waals surface area (Å²) in [5.41, 5.74) is 0.798. The number of likely N-dealkylation sites (N-methyl/N-ethyl adjacent to an activating group) is 1. The van der Waals surface area contributed by atoms with Crippen molar-refractivity contribution in [1.82, 2.24) is 4.90 Å². The van der Waals surface area contributed by atoms with Gasteiger partial charge < -0.3 is 10.2 Å². The third-order valence-electron chi connectivity index (χ3n) is 2.68. The van der Waals surface area contributed by atoms with E-state index in [9.17, 15) is 9.90 Å². The largest absolute Gasteiger partial charge is 0.480 e. The number of hydrogen-bond donors (Lipinski definition) is 2. The third-order valence-corrected chi connectivity index (χ3v) is 2.68. The number of aliphatic carboxylic acids is 1. The van der Waals surface area contributed by atoms with Gasteiger partial charge in [0.05, 0.1) is 12.6 Å². The van der Waals surface area contributed by atoms with Crippen LogP contribution in [0.4, 0.5) is 0 Å². The van der Waals surface area contributed by atoms with E-state index >= 15 is 0 Å². The topological polar surface area (TPSA) is 60.8 Å². The minimum atomic E-state index is -0.894. The average molecular weight is 223 g/mol. The van der Waals surface area contributed by atoms with Crippen LogP contribution in [0.5, 0.6) is 0 Å². The Bertz CT molecular complexity index is 339. The second kappa shape index (κ2) is 5.63. The maximum Gasteiger partial charge on any atom is 0.317 e. The molecule has 0 aromatic heterocycles. The summed E-state index contributed by atoms with van der Waals surface area (Å²) in [5, 5.41) is 18.7. The number of aliphatic hydroxyl groups is 1. The lowest BCUT2D eigenvalue weighted by atomic mass is 10.0. The molecule has 88 valence electrons. The monoisotopic (exact) mass is 223 g/mol. The van der Waals surface area contributed by atoms with E-state index in [-0.39, 0.29) is 12.6 Å². The maximum absolute atomic E-state index is 10.5. The predicted molar refractivity (Wildman–Crippen MR) is 61.1 cm³/mol. The van der Waals surface area contributed by atoms with Crippen LogP contribution in [0.25, 0.3) is 0 Å². The van der Waals surface area contributed by atoms with Gasteiger partial charge in [0.15, 0.2) is 0 Å². The van der Waals surface area contributed by atoms with Gasteiger partial charge in [-0.05, 0) is 19.5 Å². The Morgan fingerprint density at radius 3 is 2.44 bits per heavy atom. The molecule has 0 aliphatic carbocycles. The number of nitrogens with zero attached hydrogens (tertiary/aromatic N) is 1. The highest BCUT2D eigenvalue weighted by atomic mass is 16.4. The molecule has 1 aromatic carbocycles. The molecule has 0 radical (unpaired) electrons. The van der Waals surface area contributed by atoms with E-state index < -0.39 is 12.1 Å². The quantitative estimate of drug-likeness (QED) is 0.785. The lowest BCUT2D eigenvalue weighted by Crippen LogP contribution is -2.37. The molecule has 1 rings (SSSR count). The molecule has 2 atom stereocenters. The number of hydrogen-bond acceptors (Lipinski definition) is 3. The molecule has 0 spiro atoms. The Morgan fingerprint density at radius 1 is 1.38 bits per heavy atom. The van der Waals surface area contributed by atoms with Gasteiger partial charge in [-0.1, -0.05) is 30.3 Å². The molecule has 0 amide bonds. The fraction of sp³-hybridized carbons (Fsp3) is 0.417. The summed E-state index contributed by atoms with van der Waals surface area (Å²) in [4.78, 5) is 12.2. The molecule has 2 unspecified atom stereocenters. The van der Waals surface area contributed by atoms with Gasteiger partial charge in [0.1, 0.15) is 0 Å². The van der Waals surface area contributed by atoms with Crippen molar-refractivity contribution in [2.24, 2.45) is 0 Å². The van der Waals surface area contributed by atoms with Crippen molar-refractivity contribution in [3.63, 3.8) is 0 Å². The van der Waals surface area contributed by atoms with Crippen LogP contribution >= 0.6 is 0 Å². The molecule has 1 aromatic rings. The number of rotatable bonds is 5. The lowest BCUT2D eigenvalue weighted by Gasteiger charge is -2.27. The van der Waals surface area contributed by atoms with E-state index in [1.165, 1.54) is 0 Å². The molecule has 0 saturated carbocycles. The van der Waals surface area contributed by atoms with E-state index in [1.54, 1.807) is 18.9 Å². The van der Waals surface area contributed by atoms with Gasteiger partial charge in [-0.25, -0.2) is 0 Å². The van der Waals surface area contributed by atoms with Crippen LogP contribution in [0.15, 0.2) is 30.3 Å². The molecule has 0 fully saturated rings. The van der Waals surface area contributed by atoms with Crippen molar-refractivity contribution in [3.05, 3.63) is 35.9 Å². The number of carboxylic acid groups (broad SMARTS) is 1. The zero-order valence-corrected chi connectivity index (χ0v) is 9.50. The number of carbonyl (C=O) groups is 1. The molecule has 0 heterocycles. The molecule has 0 aliphatic rings. The molecule has 2 N–H and O–H groups in total. The Kier molecular flexibility index (Phi) is 4.46. The second-order valence-corrected chi connectivity index (χ2v) is 3.90. The highest BCUT2D eigenvalue weighted by Crippen LogP contribution is 2.19. The first-order chi connectivity index (χ1) is 7.52. The fourth-order valence-electron chi connectivity index (χ4n) is 1.53. The summed E-state index contributed by atoms with van der Waals surface area (Å²) in [5.74, 6) is -0.894. The normalized spacial score (nSPS) is 14.8. The highest BCUT2D eigenvalue weighted by Gasteiger charge is 2.21. The first-order valence-corrected chi connectivity index (χ1v) is 5.17. The Labute approximate surface area is 95.1 Å². The number of carboxylic acids is 1. The molecule has 4 nitrogen and oxygen atoms in total. The van der Waals surface area contributed by atoms with Crippen LogP contribution in [0.3, 0.4) is 0 Å². The zero-order chi connectivity index (χ0) is 12.1. The van der Waals surface area contributed by atoms with Crippen molar-refractivity contribution >= 4 is 5.97 Å². The van der Waals surface area contributed by atoms with Gasteiger partial charge in [-0.3, -0.25) is 9.69 Å². The Morgan fingerprint density at radius 2 is 1.94 bits per heavy atom. The van der Waals surface area contributed by atoms with Crippen molar-refractivity contribution in [3.8, 4) is 0 Å². The van der Waals surface area contributed by atoms with E-state index in [0.29, 0.717) is 0 Å². The number of aliphatic hydroxyl groups excluding tert-OH is 1. The fourth-order valence-corrected chi connectivity index (χ4v) is 1.53. The number of benzene rings is 1. The van der Waals surface area contributed by atoms with Gasteiger partial charge in [-0.2, -0.15) is 0 Å². The van der Waals surface area contributed by atoms with Crippen LogP contribution in [0.1, 0.15) is 18.6 Å². The summed E-state index contributed by atoms with van der Waals surface area (Å²) >= 11 is 0. The second-order valence-electron chi connectivity index (χ2n) is 3.90. The van der Waals surface area contributed by atoms with Crippen LogP contribution in [0, 0.1) is 0 Å². The maximum atomic E-state index is 10.5. The van der Waals surface area contributed by atoms with Crippen molar-refractivity contribution in [1.29, 1.82) is 0 Å². The molecular weight excluding hydrogens is 206 g/mol. The van der Waals surface area contributed by atoms with Crippen molar-refractivity contribution in [2.45, 2.75) is 19.1 Å². The van der Waals surface area contributed by atoms with Crippen molar-refractivity contribution < 1.29 is 15.0 Å². The van der Waals surface area contributed by atoms with Crippen LogP contribution in [-0.2, 0) is 4.79 Å². The molecule has 0 aliphatic heterocycles. The summed E-state index contributed by atoms with van der Waals surface area (Å²) in [7, 11) is 1.69. The summed E-state index contributed by atoms with van der Waals surface area (Å²) in [6.07, 6.45) is -0.675. The Balaban J connectivity index is 2.67. The molecule has 0 bridgehead atoms. The van der Waals surface area contributed by atoms with Gasteiger partial charge in [-0.15, -0.1) is 0 Å². The standard InChI is InChI=1S/C12H17NO3/c1-9(13(2)8-11(14)15)12(16)10-6-4-3-5-7-10/h3-7,9,12,16H,8H2,1-2H3,(H,14,15). The summed E-state index contributed by atoms with van der Waals surface area (Å²) in [6.45, 7) is 1.73. The minimum Gasteiger partial charge on any atom is -0.480 e. The Hall–Kier alpha value is -1.39. The van der Waals surface area contributed by atoms with Gasteiger partial charge in [0, 0.05) is 6.04 Å². The molecular formula is C12H17NO3. The smallest absolute Gasteiger partial charge is 0.317 e. The van der Waals surface area contributed by atoms with Crippen LogP contribution in [-0.4, -0.2) is 40.7 Å². The van der Waals surface area contributed by atoms with Gasteiger partial charge in [0.2, 0.25) is 0 Å². The lowest BCUT2D eigenvalue weighted by molar-refractivity contribution is -0.138. The molecule has 0 saturated heterocycles. The first-order valence-electron chi connectivity index (χ1n) is 5.17. The van der Waals surface area contributed by atoms with Gasteiger partial charge >= 0.3 is 5.97 Å². The average Bonchev–Trinajstić information content (AvgIpc) is 2.27. The van der Waals surface area contributed by atoms with Crippen LogP contribution < -0.4 is 0 Å². The highest BCUT2D eigenvalue weighted by molar-refractivity contribution is 5.69. The molecule has 4 heteroatoms. The van der Waals surface area contributed by atoms with E-state index in [4.69, 9.17) is 5.11 Å². The van der Waals surface area contributed by atoms with Gasteiger partial charge in [0.25, 0.3) is 0 Å². The zero-order valence-electron chi connectivity index (χ0n) is 9.50. The van der Waals surface area contributed by atoms with E-state index in [1.807, 2.05) is 30.3 Å². The minimum absolute atomic E-state index is 0.0783. The molecule has 16 heavy (non-hydrogen) atoms.